The summed E-state index contributed by atoms with van der Waals surface area (Å²) in [5, 5.41) is 2.21. The van der Waals surface area contributed by atoms with Gasteiger partial charge in [0.1, 0.15) is 6.54 Å². The fourth-order valence-corrected chi connectivity index (χ4v) is 0.371. The van der Waals surface area contributed by atoms with Gasteiger partial charge in [-0.2, -0.15) is 0 Å². The van der Waals surface area contributed by atoms with Crippen LogP contribution < -0.4 is 5.32 Å². The Hall–Kier alpha value is -1.57. The van der Waals surface area contributed by atoms with Crippen molar-refractivity contribution >= 4 is 11.9 Å². The van der Waals surface area contributed by atoms with Gasteiger partial charge in [0.05, 0.1) is 7.11 Å². The largest absolute Gasteiger partial charge is 0.468 e. The number of esters is 1. The van der Waals surface area contributed by atoms with Crippen molar-refractivity contribution in [2.75, 3.05) is 20.2 Å². The lowest BCUT2D eigenvalue weighted by Crippen LogP contribution is -2.31. The Labute approximate surface area is 64.2 Å². The van der Waals surface area contributed by atoms with Crippen LogP contribution in [0.15, 0.2) is 0 Å². The Morgan fingerprint density at radius 3 is 2.73 bits per heavy atom. The van der Waals surface area contributed by atoms with Crippen molar-refractivity contribution in [1.29, 1.82) is 0 Å². The maximum absolute atomic E-state index is 10.5. The van der Waals surface area contributed by atoms with Crippen molar-refractivity contribution in [3.05, 3.63) is 11.4 Å². The van der Waals surface area contributed by atoms with E-state index in [1.165, 1.54) is 7.11 Å². The second-order valence-electron chi connectivity index (χ2n) is 1.67. The predicted octanol–water partition coefficient (Wildman–Crippen LogP) is -0.805. The molecule has 0 aliphatic heterocycles. The summed E-state index contributed by atoms with van der Waals surface area (Å²) in [5.74, 6) is -0.992. The third-order valence-electron chi connectivity index (χ3n) is 0.880. The van der Waals surface area contributed by atoms with Gasteiger partial charge in [-0.1, -0.05) is 0 Å². The van der Waals surface area contributed by atoms with Crippen molar-refractivity contribution in [2.45, 2.75) is 0 Å². The number of carbonyl (C=O) groups is 2. The van der Waals surface area contributed by atoms with Gasteiger partial charge in [-0.25, -0.2) is 6.57 Å². The molecule has 5 nitrogen and oxygen atoms in total. The molecule has 0 unspecified atom stereocenters. The van der Waals surface area contributed by atoms with E-state index in [2.05, 4.69) is 14.9 Å². The predicted molar refractivity (Wildman–Crippen MR) is 36.5 cm³/mol. The zero-order valence-electron chi connectivity index (χ0n) is 6.09. The number of ether oxygens (including phenoxy) is 1. The standard InChI is InChI=1S/C6H8N2O3/c1-7-3-5(9)8-4-6(10)11-2/h3-4H2,2H3,(H,8,9). The fraction of sp³-hybridized carbons (Fsp3) is 0.500. The quantitative estimate of drug-likeness (QED) is 0.429. The van der Waals surface area contributed by atoms with Crippen LogP contribution in [0.2, 0.25) is 0 Å². The molecule has 0 heterocycles. The molecule has 0 spiro atoms. The first-order chi connectivity index (χ1) is 5.20. The van der Waals surface area contributed by atoms with Crippen LogP contribution in [0.3, 0.4) is 0 Å². The highest BCUT2D eigenvalue weighted by molar-refractivity contribution is 5.83. The Bertz CT molecular complexity index is 194. The number of methoxy groups -OCH3 is 1. The summed E-state index contributed by atoms with van der Waals surface area (Å²) >= 11 is 0. The van der Waals surface area contributed by atoms with Gasteiger partial charge in [0.25, 0.3) is 6.54 Å². The molecule has 0 aromatic heterocycles. The van der Waals surface area contributed by atoms with Gasteiger partial charge in [0, 0.05) is 0 Å². The molecule has 5 heteroatoms. The first-order valence-electron chi connectivity index (χ1n) is 2.87. The van der Waals surface area contributed by atoms with E-state index in [-0.39, 0.29) is 13.1 Å². The fourth-order valence-electron chi connectivity index (χ4n) is 0.371. The van der Waals surface area contributed by atoms with Crippen molar-refractivity contribution in [3.63, 3.8) is 0 Å². The van der Waals surface area contributed by atoms with Crippen LogP contribution in [0.1, 0.15) is 0 Å². The van der Waals surface area contributed by atoms with Crippen LogP contribution >= 0.6 is 0 Å². The molecule has 0 atom stereocenters. The molecule has 0 radical (unpaired) electrons. The van der Waals surface area contributed by atoms with Crippen LogP contribution in [0.25, 0.3) is 4.85 Å². The van der Waals surface area contributed by atoms with Crippen LogP contribution in [0.5, 0.6) is 0 Å². The Morgan fingerprint density at radius 1 is 1.64 bits per heavy atom. The molecule has 0 aliphatic carbocycles. The van der Waals surface area contributed by atoms with E-state index >= 15 is 0 Å². The van der Waals surface area contributed by atoms with Gasteiger partial charge < -0.3 is 14.9 Å². The van der Waals surface area contributed by atoms with E-state index in [4.69, 9.17) is 6.57 Å². The molecule has 0 rings (SSSR count). The number of hydrogen-bond donors (Lipinski definition) is 1. The third-order valence-corrected chi connectivity index (χ3v) is 0.880. The molecular weight excluding hydrogens is 148 g/mol. The maximum Gasteiger partial charge on any atom is 0.325 e. The van der Waals surface area contributed by atoms with Crippen LogP contribution in [0, 0.1) is 6.57 Å². The lowest BCUT2D eigenvalue weighted by Gasteiger charge is -1.97. The van der Waals surface area contributed by atoms with Gasteiger partial charge in [-0.15, -0.1) is 0 Å². The maximum atomic E-state index is 10.5. The number of carbonyl (C=O) groups excluding carboxylic acids is 2. The summed E-state index contributed by atoms with van der Waals surface area (Å²) in [6, 6.07) is 0. The second-order valence-corrected chi connectivity index (χ2v) is 1.67. The van der Waals surface area contributed by atoms with Crippen molar-refractivity contribution in [2.24, 2.45) is 0 Å². The number of nitrogens with zero attached hydrogens (tertiary/aromatic N) is 1. The number of rotatable bonds is 3. The minimum atomic E-state index is -0.525. The van der Waals surface area contributed by atoms with E-state index in [1.54, 1.807) is 0 Å². The van der Waals surface area contributed by atoms with E-state index in [1.807, 2.05) is 0 Å². The summed E-state index contributed by atoms with van der Waals surface area (Å²) in [6.07, 6.45) is 0. The summed E-state index contributed by atoms with van der Waals surface area (Å²) in [6.45, 7) is 5.88. The Morgan fingerprint density at radius 2 is 2.27 bits per heavy atom. The Balaban J connectivity index is 3.47. The monoisotopic (exact) mass is 156 g/mol. The minimum absolute atomic E-state index is 0.176. The van der Waals surface area contributed by atoms with E-state index in [0.717, 1.165) is 0 Å². The molecule has 11 heavy (non-hydrogen) atoms. The lowest BCUT2D eigenvalue weighted by atomic mass is 10.5. The molecule has 0 fully saturated rings. The van der Waals surface area contributed by atoms with E-state index in [9.17, 15) is 9.59 Å². The van der Waals surface area contributed by atoms with Crippen molar-refractivity contribution in [1.82, 2.24) is 5.32 Å². The van der Waals surface area contributed by atoms with Gasteiger partial charge >= 0.3 is 11.9 Å². The van der Waals surface area contributed by atoms with Crippen LogP contribution in [-0.4, -0.2) is 32.1 Å². The zero-order valence-corrected chi connectivity index (χ0v) is 6.09. The highest BCUT2D eigenvalue weighted by Gasteiger charge is 2.05. The Kier molecular flexibility index (Phi) is 4.49. The van der Waals surface area contributed by atoms with E-state index < -0.39 is 11.9 Å². The topological polar surface area (TPSA) is 59.8 Å². The molecule has 0 aliphatic rings. The molecule has 1 amide bonds. The normalized spacial score (nSPS) is 8.00. The molecule has 0 saturated heterocycles. The molecule has 0 bridgehead atoms. The second kappa shape index (κ2) is 5.23. The zero-order chi connectivity index (χ0) is 8.69. The molecular formula is C6H8N2O3. The summed E-state index contributed by atoms with van der Waals surface area (Å²) in [4.78, 5) is 23.8. The highest BCUT2D eigenvalue weighted by Crippen LogP contribution is 1.72. The summed E-state index contributed by atoms with van der Waals surface area (Å²) < 4.78 is 4.25. The first kappa shape index (κ1) is 9.43. The van der Waals surface area contributed by atoms with Crippen molar-refractivity contribution in [3.8, 4) is 0 Å². The molecule has 1 N–H and O–H groups in total. The highest BCUT2D eigenvalue weighted by atomic mass is 16.5. The first-order valence-corrected chi connectivity index (χ1v) is 2.87. The van der Waals surface area contributed by atoms with Crippen LogP contribution in [-0.2, 0) is 14.3 Å². The smallest absolute Gasteiger partial charge is 0.325 e. The minimum Gasteiger partial charge on any atom is -0.468 e. The lowest BCUT2D eigenvalue weighted by molar-refractivity contribution is -0.140. The molecule has 0 aromatic rings. The molecule has 0 saturated carbocycles. The van der Waals surface area contributed by atoms with Gasteiger partial charge in [0.2, 0.25) is 0 Å². The molecule has 0 aromatic carbocycles. The van der Waals surface area contributed by atoms with Gasteiger partial charge in [0.15, 0.2) is 0 Å². The van der Waals surface area contributed by atoms with Crippen molar-refractivity contribution < 1.29 is 14.3 Å². The van der Waals surface area contributed by atoms with Gasteiger partial charge in [-0.05, 0) is 0 Å². The van der Waals surface area contributed by atoms with E-state index in [0.29, 0.717) is 0 Å². The average Bonchev–Trinajstić information content (AvgIpc) is 2.01. The third kappa shape index (κ3) is 4.90. The number of hydrogen-bond acceptors (Lipinski definition) is 3. The van der Waals surface area contributed by atoms with Crippen LogP contribution in [0.4, 0.5) is 0 Å². The number of amides is 1. The molecule has 60 valence electrons. The van der Waals surface area contributed by atoms with Gasteiger partial charge in [-0.3, -0.25) is 9.59 Å². The summed E-state index contributed by atoms with van der Waals surface area (Å²) in [7, 11) is 1.23. The summed E-state index contributed by atoms with van der Waals surface area (Å²) in [5.41, 5.74) is 0. The number of nitrogens with one attached hydrogen (secondary N) is 1. The average molecular weight is 156 g/mol. The SMILES string of the molecule is [C-]#[N+]CC(=O)NCC(=O)OC.